The first kappa shape index (κ1) is 19.0. The molecule has 1 atom stereocenters. The summed E-state index contributed by atoms with van der Waals surface area (Å²) in [7, 11) is 0. The van der Waals surface area contributed by atoms with Crippen LogP contribution in [0.4, 0.5) is 0 Å². The van der Waals surface area contributed by atoms with Gasteiger partial charge in [0.1, 0.15) is 5.69 Å². The summed E-state index contributed by atoms with van der Waals surface area (Å²) in [5.74, 6) is -0.234. The summed E-state index contributed by atoms with van der Waals surface area (Å²) >= 11 is 0. The third-order valence-corrected chi connectivity index (χ3v) is 5.30. The first-order valence-electron chi connectivity index (χ1n) is 9.73. The topological polar surface area (TPSA) is 80.4 Å². The fourth-order valence-electron chi connectivity index (χ4n) is 3.65. The molecule has 1 aliphatic heterocycles. The van der Waals surface area contributed by atoms with Crippen LogP contribution in [0.5, 0.6) is 0 Å². The highest BCUT2D eigenvalue weighted by Gasteiger charge is 2.17. The minimum Gasteiger partial charge on any atom is -0.343 e. The molecule has 0 saturated heterocycles. The molecule has 4 rings (SSSR count). The molecule has 5 nitrogen and oxygen atoms in total. The molecule has 0 aliphatic carbocycles. The van der Waals surface area contributed by atoms with Gasteiger partial charge < -0.3 is 11.1 Å². The van der Waals surface area contributed by atoms with Crippen LogP contribution in [0.15, 0.2) is 65.8 Å². The Bertz CT molecular complexity index is 1100. The lowest BCUT2D eigenvalue weighted by atomic mass is 9.98. The summed E-state index contributed by atoms with van der Waals surface area (Å²) in [4.78, 5) is 21.6. The summed E-state index contributed by atoms with van der Waals surface area (Å²) in [6, 6.07) is 17.8. The maximum absolute atomic E-state index is 12.8. The smallest absolute Gasteiger partial charge is 0.270 e. The molecular weight excluding hydrogens is 360 g/mol. The van der Waals surface area contributed by atoms with Crippen LogP contribution in [0.25, 0.3) is 11.1 Å². The molecule has 146 valence electrons. The Morgan fingerprint density at radius 1 is 1.10 bits per heavy atom. The quantitative estimate of drug-likeness (QED) is 0.702. The maximum atomic E-state index is 12.8. The van der Waals surface area contributed by atoms with E-state index in [2.05, 4.69) is 33.5 Å². The summed E-state index contributed by atoms with van der Waals surface area (Å²) < 4.78 is 0. The Hall–Kier alpha value is -3.31. The van der Waals surface area contributed by atoms with Gasteiger partial charge in [0, 0.05) is 24.0 Å². The molecule has 2 aromatic carbocycles. The SMILES string of the molecule is CC1=NCc2ccc(-c3ccnc(C(=O)NC(CN)c4cccc(C)c4)c3)cc21. The Morgan fingerprint density at radius 3 is 2.72 bits per heavy atom. The van der Waals surface area contributed by atoms with Crippen molar-refractivity contribution in [3.8, 4) is 11.1 Å². The van der Waals surface area contributed by atoms with Gasteiger partial charge in [0.15, 0.2) is 0 Å². The molecule has 3 N–H and O–H groups in total. The zero-order valence-corrected chi connectivity index (χ0v) is 16.6. The van der Waals surface area contributed by atoms with Crippen LogP contribution < -0.4 is 11.1 Å². The van der Waals surface area contributed by atoms with E-state index in [1.165, 1.54) is 11.1 Å². The van der Waals surface area contributed by atoms with E-state index in [1.807, 2.05) is 50.2 Å². The van der Waals surface area contributed by atoms with Crippen LogP contribution in [-0.2, 0) is 6.54 Å². The summed E-state index contributed by atoms with van der Waals surface area (Å²) in [5.41, 5.74) is 13.9. The highest BCUT2D eigenvalue weighted by molar-refractivity contribution is 6.03. The molecule has 5 heteroatoms. The van der Waals surface area contributed by atoms with E-state index in [-0.39, 0.29) is 11.9 Å². The third kappa shape index (κ3) is 3.96. The first-order valence-corrected chi connectivity index (χ1v) is 9.73. The zero-order chi connectivity index (χ0) is 20.4. The number of aryl methyl sites for hydroxylation is 1. The van der Waals surface area contributed by atoms with Gasteiger partial charge in [0.2, 0.25) is 0 Å². The number of amides is 1. The zero-order valence-electron chi connectivity index (χ0n) is 16.6. The van der Waals surface area contributed by atoms with Gasteiger partial charge in [-0.15, -0.1) is 0 Å². The Balaban J connectivity index is 1.58. The highest BCUT2D eigenvalue weighted by Crippen LogP contribution is 2.27. The second kappa shape index (κ2) is 7.97. The van der Waals surface area contributed by atoms with Crippen molar-refractivity contribution >= 4 is 11.6 Å². The molecule has 2 heterocycles. The molecule has 0 spiro atoms. The third-order valence-electron chi connectivity index (χ3n) is 5.30. The van der Waals surface area contributed by atoms with Gasteiger partial charge in [-0.3, -0.25) is 14.8 Å². The van der Waals surface area contributed by atoms with Crippen molar-refractivity contribution in [1.29, 1.82) is 0 Å². The minimum atomic E-state index is -0.258. The molecule has 1 aliphatic rings. The van der Waals surface area contributed by atoms with Gasteiger partial charge in [0.25, 0.3) is 5.91 Å². The number of hydrogen-bond donors (Lipinski definition) is 2. The van der Waals surface area contributed by atoms with Crippen molar-refractivity contribution in [2.45, 2.75) is 26.4 Å². The summed E-state index contributed by atoms with van der Waals surface area (Å²) in [6.45, 7) is 5.11. The van der Waals surface area contributed by atoms with E-state index in [0.717, 1.165) is 34.5 Å². The normalized spacial score (nSPS) is 13.6. The highest BCUT2D eigenvalue weighted by atomic mass is 16.1. The number of carbonyl (C=O) groups is 1. The monoisotopic (exact) mass is 384 g/mol. The lowest BCUT2D eigenvalue weighted by Gasteiger charge is -2.18. The molecule has 0 radical (unpaired) electrons. The van der Waals surface area contributed by atoms with E-state index in [9.17, 15) is 4.79 Å². The van der Waals surface area contributed by atoms with Crippen LogP contribution in [0.3, 0.4) is 0 Å². The molecule has 0 fully saturated rings. The van der Waals surface area contributed by atoms with E-state index in [4.69, 9.17) is 5.73 Å². The van der Waals surface area contributed by atoms with Crippen molar-refractivity contribution in [3.63, 3.8) is 0 Å². The van der Waals surface area contributed by atoms with Crippen molar-refractivity contribution < 1.29 is 4.79 Å². The van der Waals surface area contributed by atoms with Crippen molar-refractivity contribution in [3.05, 3.63) is 88.7 Å². The summed E-state index contributed by atoms with van der Waals surface area (Å²) in [5, 5.41) is 3.01. The van der Waals surface area contributed by atoms with E-state index >= 15 is 0 Å². The molecular formula is C24H24N4O. The number of carbonyl (C=O) groups excluding carboxylic acids is 1. The van der Waals surface area contributed by atoms with Gasteiger partial charge in [-0.1, -0.05) is 42.0 Å². The number of benzene rings is 2. The number of pyridine rings is 1. The predicted octanol–water partition coefficient (Wildman–Crippen LogP) is 3.81. The Morgan fingerprint density at radius 2 is 1.93 bits per heavy atom. The van der Waals surface area contributed by atoms with E-state index in [0.29, 0.717) is 12.2 Å². The maximum Gasteiger partial charge on any atom is 0.270 e. The van der Waals surface area contributed by atoms with E-state index in [1.54, 1.807) is 6.20 Å². The number of nitrogens with one attached hydrogen (secondary N) is 1. The van der Waals surface area contributed by atoms with Gasteiger partial charge in [-0.2, -0.15) is 0 Å². The van der Waals surface area contributed by atoms with Crippen LogP contribution in [0.2, 0.25) is 0 Å². The van der Waals surface area contributed by atoms with Crippen molar-refractivity contribution in [2.24, 2.45) is 10.7 Å². The molecule has 1 aromatic heterocycles. The van der Waals surface area contributed by atoms with Gasteiger partial charge in [-0.05, 0) is 54.3 Å². The second-order valence-corrected chi connectivity index (χ2v) is 7.38. The number of rotatable bonds is 5. The molecule has 29 heavy (non-hydrogen) atoms. The average Bonchev–Trinajstić information content (AvgIpc) is 3.12. The molecule has 3 aromatic rings. The fraction of sp³-hybridized carbons (Fsp3) is 0.208. The minimum absolute atomic E-state index is 0.234. The average molecular weight is 384 g/mol. The van der Waals surface area contributed by atoms with Crippen molar-refractivity contribution in [1.82, 2.24) is 10.3 Å². The fourth-order valence-corrected chi connectivity index (χ4v) is 3.65. The van der Waals surface area contributed by atoms with Crippen LogP contribution >= 0.6 is 0 Å². The standard InChI is InChI=1S/C24H24N4O/c1-15-4-3-5-19(10-15)23(13-25)28-24(29)22-12-18(8-9-26-22)17-6-7-20-14-27-16(2)21(20)11-17/h3-12,23H,13-14,25H2,1-2H3,(H,28,29). The van der Waals surface area contributed by atoms with Gasteiger partial charge in [0.05, 0.1) is 12.6 Å². The van der Waals surface area contributed by atoms with E-state index < -0.39 is 0 Å². The lowest BCUT2D eigenvalue weighted by molar-refractivity contribution is 0.0933. The number of hydrogen-bond acceptors (Lipinski definition) is 4. The molecule has 0 saturated carbocycles. The predicted molar refractivity (Wildman–Crippen MR) is 116 cm³/mol. The molecule has 1 amide bonds. The molecule has 0 bridgehead atoms. The Kier molecular flexibility index (Phi) is 5.23. The first-order chi connectivity index (χ1) is 14.0. The van der Waals surface area contributed by atoms with Crippen LogP contribution in [0, 0.1) is 6.92 Å². The summed E-state index contributed by atoms with van der Waals surface area (Å²) in [6.07, 6.45) is 1.67. The number of fused-ring (bicyclic) bond motifs is 1. The molecule has 1 unspecified atom stereocenters. The van der Waals surface area contributed by atoms with Gasteiger partial charge >= 0.3 is 0 Å². The number of nitrogens with zero attached hydrogens (tertiary/aromatic N) is 2. The largest absolute Gasteiger partial charge is 0.343 e. The van der Waals surface area contributed by atoms with Crippen LogP contribution in [0.1, 0.15) is 45.7 Å². The number of aromatic nitrogens is 1. The number of nitrogens with two attached hydrogens (primary N) is 1. The number of aliphatic imine (C=N–C) groups is 1. The lowest BCUT2D eigenvalue weighted by Crippen LogP contribution is -2.33. The van der Waals surface area contributed by atoms with Gasteiger partial charge in [-0.25, -0.2) is 0 Å². The van der Waals surface area contributed by atoms with Crippen LogP contribution in [-0.4, -0.2) is 23.1 Å². The Labute approximate surface area is 170 Å². The second-order valence-electron chi connectivity index (χ2n) is 7.38. The van der Waals surface area contributed by atoms with Crippen molar-refractivity contribution in [2.75, 3.05) is 6.54 Å².